The van der Waals surface area contributed by atoms with Crippen molar-refractivity contribution in [2.24, 2.45) is 9.81 Å². The van der Waals surface area contributed by atoms with Crippen molar-refractivity contribution < 1.29 is 17.7 Å². The Morgan fingerprint density at radius 1 is 1.46 bits per heavy atom. The molecule has 0 atom stereocenters. The Bertz CT molecular complexity index is 286. The van der Waals surface area contributed by atoms with Gasteiger partial charge >= 0.3 is 10.3 Å². The molecule has 6 heteroatoms. The summed E-state index contributed by atoms with van der Waals surface area (Å²) in [5.74, 6) is -0.707. The Kier molecular flexibility index (Phi) is 3.87. The van der Waals surface area contributed by atoms with Gasteiger partial charge in [-0.3, -0.25) is 4.18 Å². The predicted octanol–water partition coefficient (Wildman–Crippen LogP) is 0.0726. The summed E-state index contributed by atoms with van der Waals surface area (Å²) in [5.41, 5.74) is -0.801. The molecule has 0 saturated heterocycles. The summed E-state index contributed by atoms with van der Waals surface area (Å²) in [6.45, 7) is 6.23. The maximum absolute atomic E-state index is 11.1. The van der Waals surface area contributed by atoms with Crippen LogP contribution in [0.2, 0.25) is 0 Å². The zero-order chi connectivity index (χ0) is 10.7. The summed E-state index contributed by atoms with van der Waals surface area (Å²) in [7, 11) is -4.04. The number of nitrogens with zero attached hydrogens (tertiary/aromatic N) is 1. The van der Waals surface area contributed by atoms with Gasteiger partial charge in [0.05, 0.1) is 6.61 Å². The summed E-state index contributed by atoms with van der Waals surface area (Å²) in [6, 6.07) is 0. The van der Waals surface area contributed by atoms with Crippen LogP contribution in [0.5, 0.6) is 0 Å². The second-order valence-corrected chi connectivity index (χ2v) is 4.75. The van der Waals surface area contributed by atoms with Gasteiger partial charge in [-0.2, -0.15) is 12.8 Å². The van der Waals surface area contributed by atoms with Crippen LogP contribution in [0.3, 0.4) is 0 Å². The van der Waals surface area contributed by atoms with Crippen LogP contribution in [-0.2, 0) is 14.5 Å². The van der Waals surface area contributed by atoms with E-state index in [4.69, 9.17) is 0 Å². The third-order valence-corrected chi connectivity index (χ3v) is 2.03. The summed E-state index contributed by atoms with van der Waals surface area (Å²) < 4.78 is 29.0. The minimum absolute atomic E-state index is 0.0245. The molecule has 0 aliphatic carbocycles. The largest absolute Gasteiger partial charge is 0.861 e. The maximum atomic E-state index is 11.1. The highest BCUT2D eigenvalue weighted by Gasteiger charge is 2.14. The zero-order valence-corrected chi connectivity index (χ0v) is 9.01. The van der Waals surface area contributed by atoms with Crippen LogP contribution in [-0.4, -0.2) is 20.9 Å². The SMILES string of the molecule is CCOS(=O)(=O)/N=C(\[O-])C(C)(C)C. The lowest BCUT2D eigenvalue weighted by atomic mass is 9.97. The molecule has 0 aliphatic heterocycles. The topological polar surface area (TPSA) is 78.8 Å². The Morgan fingerprint density at radius 2 is 1.92 bits per heavy atom. The van der Waals surface area contributed by atoms with Crippen LogP contribution >= 0.6 is 0 Å². The zero-order valence-electron chi connectivity index (χ0n) is 8.20. The molecule has 0 fully saturated rings. The van der Waals surface area contributed by atoms with Crippen molar-refractivity contribution in [1.82, 2.24) is 0 Å². The van der Waals surface area contributed by atoms with E-state index in [1.807, 2.05) is 0 Å². The molecular weight excluding hydrogens is 194 g/mol. The molecule has 0 heterocycles. The van der Waals surface area contributed by atoms with Gasteiger partial charge in [0.15, 0.2) is 0 Å². The fraction of sp³-hybridized carbons (Fsp3) is 0.857. The normalized spacial score (nSPS) is 14.6. The highest BCUT2D eigenvalue weighted by molar-refractivity contribution is 7.85. The van der Waals surface area contributed by atoms with Gasteiger partial charge in [-0.15, -0.1) is 0 Å². The van der Waals surface area contributed by atoms with Crippen molar-refractivity contribution in [3.8, 4) is 0 Å². The first kappa shape index (κ1) is 12.4. The summed E-state index contributed by atoms with van der Waals surface area (Å²) in [4.78, 5) is 0. The Morgan fingerprint density at radius 3 is 2.23 bits per heavy atom. The minimum Gasteiger partial charge on any atom is -0.861 e. The molecule has 0 aromatic rings. The first-order chi connectivity index (χ1) is 5.69. The van der Waals surface area contributed by atoms with E-state index >= 15 is 0 Å². The molecule has 0 radical (unpaired) electrons. The van der Waals surface area contributed by atoms with Crippen LogP contribution in [0, 0.1) is 5.41 Å². The van der Waals surface area contributed by atoms with Gasteiger partial charge in [0, 0.05) is 0 Å². The number of rotatable bonds is 3. The predicted molar refractivity (Wildman–Crippen MR) is 47.4 cm³/mol. The maximum Gasteiger partial charge on any atom is 0.379 e. The molecule has 0 amide bonds. The second-order valence-electron chi connectivity index (χ2n) is 3.48. The van der Waals surface area contributed by atoms with E-state index in [-0.39, 0.29) is 6.61 Å². The van der Waals surface area contributed by atoms with E-state index in [0.717, 1.165) is 0 Å². The van der Waals surface area contributed by atoms with Crippen molar-refractivity contribution in [1.29, 1.82) is 0 Å². The summed E-state index contributed by atoms with van der Waals surface area (Å²) in [5, 5.41) is 11.1. The first-order valence-electron chi connectivity index (χ1n) is 3.86. The summed E-state index contributed by atoms with van der Waals surface area (Å²) in [6.07, 6.45) is 0. The fourth-order valence-electron chi connectivity index (χ4n) is 0.414. The van der Waals surface area contributed by atoms with Crippen LogP contribution < -0.4 is 5.11 Å². The third-order valence-electron chi connectivity index (χ3n) is 1.10. The molecule has 0 aromatic heterocycles. The Labute approximate surface area is 78.7 Å². The van der Waals surface area contributed by atoms with Gasteiger partial charge in [-0.25, -0.2) is 0 Å². The lowest BCUT2D eigenvalue weighted by molar-refractivity contribution is -0.227. The molecule has 0 unspecified atom stereocenters. The second kappa shape index (κ2) is 4.06. The molecule has 0 saturated carbocycles. The van der Waals surface area contributed by atoms with Crippen LogP contribution in [0.4, 0.5) is 0 Å². The first-order valence-corrected chi connectivity index (χ1v) is 5.22. The quantitative estimate of drug-likeness (QED) is 0.485. The van der Waals surface area contributed by atoms with Crippen molar-refractivity contribution in [2.45, 2.75) is 27.7 Å². The van der Waals surface area contributed by atoms with E-state index in [9.17, 15) is 13.5 Å². The van der Waals surface area contributed by atoms with Crippen molar-refractivity contribution in [3.63, 3.8) is 0 Å². The molecule has 0 N–H and O–H groups in total. The van der Waals surface area contributed by atoms with Gasteiger partial charge in [-0.1, -0.05) is 20.8 Å². The lowest BCUT2D eigenvalue weighted by Gasteiger charge is -2.25. The van der Waals surface area contributed by atoms with Gasteiger partial charge in [0.2, 0.25) is 0 Å². The monoisotopic (exact) mass is 208 g/mol. The summed E-state index contributed by atoms with van der Waals surface area (Å²) >= 11 is 0. The Balaban J connectivity index is 4.76. The highest BCUT2D eigenvalue weighted by Crippen LogP contribution is 2.13. The third kappa shape index (κ3) is 4.84. The molecule has 0 spiro atoms. The van der Waals surface area contributed by atoms with Gasteiger partial charge in [0.25, 0.3) is 0 Å². The number of hydrogen-bond donors (Lipinski definition) is 0. The van der Waals surface area contributed by atoms with Gasteiger partial charge in [0.1, 0.15) is 0 Å². The van der Waals surface area contributed by atoms with Crippen LogP contribution in [0.15, 0.2) is 4.40 Å². The van der Waals surface area contributed by atoms with E-state index in [0.29, 0.717) is 0 Å². The highest BCUT2D eigenvalue weighted by atomic mass is 32.2. The standard InChI is InChI=1S/C7H15NO4S/c1-5-12-13(10,11)8-6(9)7(2,3)4/h5H2,1-4H3,(H,8,9)/p-1. The average molecular weight is 208 g/mol. The van der Waals surface area contributed by atoms with Crippen LogP contribution in [0.1, 0.15) is 27.7 Å². The molecule has 0 rings (SSSR count). The molecule has 78 valence electrons. The molecular formula is C7H14NO4S-. The van der Waals surface area contributed by atoms with E-state index in [1.165, 1.54) is 6.92 Å². The average Bonchev–Trinajstić information content (AvgIpc) is 1.83. The minimum atomic E-state index is -4.04. The molecule has 0 aliphatic rings. The molecule has 0 aromatic carbocycles. The number of hydrogen-bond acceptors (Lipinski definition) is 4. The van der Waals surface area contributed by atoms with Gasteiger partial charge < -0.3 is 5.11 Å². The Hall–Kier alpha value is -0.620. The van der Waals surface area contributed by atoms with E-state index < -0.39 is 21.6 Å². The van der Waals surface area contributed by atoms with Gasteiger partial charge in [-0.05, 0) is 18.2 Å². The molecule has 5 nitrogen and oxygen atoms in total. The lowest BCUT2D eigenvalue weighted by Crippen LogP contribution is -2.33. The molecule has 0 bridgehead atoms. The van der Waals surface area contributed by atoms with Crippen LogP contribution in [0.25, 0.3) is 0 Å². The fourth-order valence-corrected chi connectivity index (χ4v) is 1.24. The van der Waals surface area contributed by atoms with E-state index in [1.54, 1.807) is 20.8 Å². The van der Waals surface area contributed by atoms with E-state index in [2.05, 4.69) is 8.58 Å². The van der Waals surface area contributed by atoms with Crippen molar-refractivity contribution in [2.75, 3.05) is 6.61 Å². The smallest absolute Gasteiger partial charge is 0.379 e. The van der Waals surface area contributed by atoms with Crippen molar-refractivity contribution in [3.05, 3.63) is 0 Å². The van der Waals surface area contributed by atoms with Crippen molar-refractivity contribution >= 4 is 16.2 Å². The molecule has 13 heavy (non-hydrogen) atoms.